The summed E-state index contributed by atoms with van der Waals surface area (Å²) in [5.74, 6) is -0.445. The maximum Gasteiger partial charge on any atom is 0.493 e. The van der Waals surface area contributed by atoms with Gasteiger partial charge in [-0.2, -0.15) is 13.2 Å². The predicted molar refractivity (Wildman–Crippen MR) is 105 cm³/mol. The summed E-state index contributed by atoms with van der Waals surface area (Å²) in [6, 6.07) is 2.23. The Hall–Kier alpha value is -1.58. The number of fused-ring (bicyclic) bond motifs is 1. The van der Waals surface area contributed by atoms with Crippen LogP contribution in [-0.2, 0) is 21.0 Å². The van der Waals surface area contributed by atoms with Gasteiger partial charge in [0.15, 0.2) is 0 Å². The largest absolute Gasteiger partial charge is 0.493 e. The topological polar surface area (TPSA) is 59.0 Å². The fourth-order valence-electron chi connectivity index (χ4n) is 5.00. The van der Waals surface area contributed by atoms with Crippen molar-refractivity contribution < 1.29 is 32.4 Å². The van der Waals surface area contributed by atoms with E-state index in [4.69, 9.17) is 9.31 Å². The summed E-state index contributed by atoms with van der Waals surface area (Å²) < 4.78 is 53.6. The van der Waals surface area contributed by atoms with E-state index in [0.29, 0.717) is 26.1 Å². The van der Waals surface area contributed by atoms with E-state index in [1.165, 1.54) is 11.0 Å². The van der Waals surface area contributed by atoms with E-state index in [-0.39, 0.29) is 28.0 Å². The van der Waals surface area contributed by atoms with Gasteiger partial charge in [0, 0.05) is 35.8 Å². The SMILES string of the molecule is CC1(C)COB(c2cc3c(c(C(F)(F)F)c2)C(C)(C)N(C2CC(C)(O)C2)C3=O)OC1. The molecule has 2 aliphatic heterocycles. The molecular formula is C21H27BF3NO4. The van der Waals surface area contributed by atoms with Gasteiger partial charge in [-0.3, -0.25) is 4.79 Å². The number of alkyl halides is 3. The van der Waals surface area contributed by atoms with Crippen molar-refractivity contribution in [2.75, 3.05) is 13.2 Å². The van der Waals surface area contributed by atoms with E-state index >= 15 is 0 Å². The van der Waals surface area contributed by atoms with E-state index in [2.05, 4.69) is 0 Å². The summed E-state index contributed by atoms with van der Waals surface area (Å²) in [6.45, 7) is 9.53. The van der Waals surface area contributed by atoms with Gasteiger partial charge in [0.1, 0.15) is 0 Å². The monoisotopic (exact) mass is 425 g/mol. The van der Waals surface area contributed by atoms with Crippen LogP contribution in [0.5, 0.6) is 0 Å². The summed E-state index contributed by atoms with van der Waals surface area (Å²) >= 11 is 0. The average molecular weight is 425 g/mol. The zero-order valence-corrected chi connectivity index (χ0v) is 17.9. The first-order valence-electron chi connectivity index (χ1n) is 10.2. The molecule has 0 atom stereocenters. The Balaban J connectivity index is 1.77. The van der Waals surface area contributed by atoms with Crippen LogP contribution < -0.4 is 5.46 Å². The zero-order chi connectivity index (χ0) is 22.3. The summed E-state index contributed by atoms with van der Waals surface area (Å²) in [7, 11) is -0.946. The molecule has 4 rings (SSSR count). The molecule has 30 heavy (non-hydrogen) atoms. The molecule has 1 aliphatic carbocycles. The van der Waals surface area contributed by atoms with Crippen molar-refractivity contribution in [3.63, 3.8) is 0 Å². The number of hydrogen-bond acceptors (Lipinski definition) is 4. The molecule has 1 N–H and O–H groups in total. The molecule has 5 nitrogen and oxygen atoms in total. The highest BCUT2D eigenvalue weighted by atomic mass is 19.4. The lowest BCUT2D eigenvalue weighted by Crippen LogP contribution is -2.58. The highest BCUT2D eigenvalue weighted by Crippen LogP contribution is 2.50. The van der Waals surface area contributed by atoms with Crippen LogP contribution in [0, 0.1) is 5.41 Å². The third kappa shape index (κ3) is 3.44. The molecule has 0 unspecified atom stereocenters. The number of aliphatic hydroxyl groups is 1. The molecule has 2 heterocycles. The number of carbonyl (C=O) groups excluding carboxylic acids is 1. The molecule has 0 radical (unpaired) electrons. The molecule has 1 aromatic rings. The van der Waals surface area contributed by atoms with E-state index in [9.17, 15) is 23.1 Å². The van der Waals surface area contributed by atoms with Crippen LogP contribution in [0.4, 0.5) is 13.2 Å². The first kappa shape index (κ1) is 21.6. The van der Waals surface area contributed by atoms with E-state index in [1.54, 1.807) is 20.8 Å². The second-order valence-electron chi connectivity index (χ2n) is 10.4. The maximum absolute atomic E-state index is 14.1. The van der Waals surface area contributed by atoms with E-state index in [1.807, 2.05) is 13.8 Å². The molecule has 0 bridgehead atoms. The molecular weight excluding hydrogens is 398 g/mol. The Bertz CT molecular complexity index is 879. The summed E-state index contributed by atoms with van der Waals surface area (Å²) in [5.41, 5.74) is -2.89. The number of benzene rings is 1. The lowest BCUT2D eigenvalue weighted by Gasteiger charge is -2.50. The number of halogens is 3. The number of carbonyl (C=O) groups is 1. The molecule has 1 saturated carbocycles. The van der Waals surface area contributed by atoms with Gasteiger partial charge in [-0.15, -0.1) is 0 Å². The van der Waals surface area contributed by atoms with Crippen LogP contribution in [-0.4, -0.2) is 47.9 Å². The molecule has 0 spiro atoms. The van der Waals surface area contributed by atoms with Gasteiger partial charge in [-0.05, 0) is 51.2 Å². The molecule has 1 aromatic carbocycles. The minimum absolute atomic E-state index is 0.0218. The fraction of sp³-hybridized carbons (Fsp3) is 0.667. The van der Waals surface area contributed by atoms with E-state index < -0.39 is 35.9 Å². The van der Waals surface area contributed by atoms with Gasteiger partial charge < -0.3 is 19.3 Å². The fourth-order valence-corrected chi connectivity index (χ4v) is 5.00. The lowest BCUT2D eigenvalue weighted by atomic mass is 9.72. The Kier molecular flexibility index (Phi) is 4.67. The molecule has 0 aromatic heterocycles. The number of hydrogen-bond donors (Lipinski definition) is 1. The van der Waals surface area contributed by atoms with Gasteiger partial charge in [0.25, 0.3) is 5.91 Å². The minimum atomic E-state index is -4.63. The minimum Gasteiger partial charge on any atom is -0.407 e. The van der Waals surface area contributed by atoms with Crippen LogP contribution in [0.25, 0.3) is 0 Å². The van der Waals surface area contributed by atoms with Crippen LogP contribution in [0.2, 0.25) is 0 Å². The molecule has 2 fully saturated rings. The molecule has 164 valence electrons. The third-order valence-electron chi connectivity index (χ3n) is 6.37. The van der Waals surface area contributed by atoms with Gasteiger partial charge in [0.05, 0.1) is 16.7 Å². The summed E-state index contributed by atoms with van der Waals surface area (Å²) in [5, 5.41) is 10.1. The van der Waals surface area contributed by atoms with Crippen LogP contribution in [0.3, 0.4) is 0 Å². The number of nitrogens with zero attached hydrogens (tertiary/aromatic N) is 1. The van der Waals surface area contributed by atoms with Crippen molar-refractivity contribution >= 4 is 18.5 Å². The van der Waals surface area contributed by atoms with Crippen molar-refractivity contribution in [3.8, 4) is 0 Å². The quantitative estimate of drug-likeness (QED) is 0.741. The number of amides is 1. The summed E-state index contributed by atoms with van der Waals surface area (Å²) in [6.07, 6.45) is -3.95. The molecule has 1 amide bonds. The second-order valence-corrected chi connectivity index (χ2v) is 10.4. The lowest BCUT2D eigenvalue weighted by molar-refractivity contribution is -0.140. The third-order valence-corrected chi connectivity index (χ3v) is 6.37. The van der Waals surface area contributed by atoms with Crippen molar-refractivity contribution in [1.82, 2.24) is 4.90 Å². The second kappa shape index (κ2) is 6.47. The highest BCUT2D eigenvalue weighted by Gasteiger charge is 2.55. The number of rotatable bonds is 2. The Labute approximate surface area is 174 Å². The van der Waals surface area contributed by atoms with Gasteiger partial charge in [-0.25, -0.2) is 0 Å². The van der Waals surface area contributed by atoms with Gasteiger partial charge in [0.2, 0.25) is 0 Å². The summed E-state index contributed by atoms with van der Waals surface area (Å²) in [4.78, 5) is 14.8. The Morgan fingerprint density at radius 3 is 2.17 bits per heavy atom. The molecule has 1 saturated heterocycles. The maximum atomic E-state index is 14.1. The van der Waals surface area contributed by atoms with Crippen LogP contribution >= 0.6 is 0 Å². The van der Waals surface area contributed by atoms with Gasteiger partial charge >= 0.3 is 13.3 Å². The van der Waals surface area contributed by atoms with Crippen molar-refractivity contribution in [2.24, 2.45) is 5.41 Å². The zero-order valence-electron chi connectivity index (χ0n) is 17.9. The first-order chi connectivity index (χ1) is 13.6. The Morgan fingerprint density at radius 2 is 1.67 bits per heavy atom. The highest BCUT2D eigenvalue weighted by molar-refractivity contribution is 6.61. The Morgan fingerprint density at radius 1 is 1.10 bits per heavy atom. The molecule has 3 aliphatic rings. The van der Waals surface area contributed by atoms with E-state index in [0.717, 1.165) is 6.07 Å². The standard InChI is InChI=1S/C21H27BF3NO4/c1-18(2)10-29-22(30-11-18)12-6-14-16(15(7-12)21(23,24)25)19(3,4)26(17(14)27)13-8-20(5,28)9-13/h6-7,13,28H,8-11H2,1-5H3. The van der Waals surface area contributed by atoms with Crippen LogP contribution in [0.1, 0.15) is 68.9 Å². The van der Waals surface area contributed by atoms with Crippen molar-refractivity contribution in [2.45, 2.75) is 70.8 Å². The predicted octanol–water partition coefficient (Wildman–Crippen LogP) is 3.08. The smallest absolute Gasteiger partial charge is 0.407 e. The van der Waals surface area contributed by atoms with Gasteiger partial charge in [-0.1, -0.05) is 13.8 Å². The normalized spacial score (nSPS) is 30.3. The van der Waals surface area contributed by atoms with Crippen molar-refractivity contribution in [1.29, 1.82) is 0 Å². The van der Waals surface area contributed by atoms with Crippen molar-refractivity contribution in [3.05, 3.63) is 28.8 Å². The van der Waals surface area contributed by atoms with Crippen LogP contribution in [0.15, 0.2) is 12.1 Å². The molecule has 9 heteroatoms. The average Bonchev–Trinajstić information content (AvgIpc) is 2.77. The first-order valence-corrected chi connectivity index (χ1v) is 10.2.